The third-order valence-corrected chi connectivity index (χ3v) is 7.35. The van der Waals surface area contributed by atoms with Crippen LogP contribution < -0.4 is 10.2 Å². The molecule has 32 heavy (non-hydrogen) atoms. The molecule has 7 nitrogen and oxygen atoms in total. The Balaban J connectivity index is 1.73. The van der Waals surface area contributed by atoms with Crippen molar-refractivity contribution in [2.24, 2.45) is 0 Å². The van der Waals surface area contributed by atoms with Crippen molar-refractivity contribution in [3.63, 3.8) is 0 Å². The number of hydrogen-bond acceptors (Lipinski definition) is 6. The van der Waals surface area contributed by atoms with Crippen LogP contribution in [-0.4, -0.2) is 58.6 Å². The number of aromatic nitrogens is 1. The monoisotopic (exact) mass is 463 g/mol. The van der Waals surface area contributed by atoms with Gasteiger partial charge in [0.15, 0.2) is 5.60 Å². The van der Waals surface area contributed by atoms with Gasteiger partial charge in [0.2, 0.25) is 0 Å². The van der Waals surface area contributed by atoms with E-state index >= 15 is 0 Å². The predicted octanol–water partition coefficient (Wildman–Crippen LogP) is 4.49. The van der Waals surface area contributed by atoms with Crippen molar-refractivity contribution in [3.8, 4) is 0 Å². The number of ether oxygens (including phenoxy) is 1. The number of aliphatic carboxylic acids is 1. The van der Waals surface area contributed by atoms with E-state index in [0.717, 1.165) is 55.2 Å². The first-order chi connectivity index (χ1) is 15.3. The number of pyridine rings is 1. The van der Waals surface area contributed by atoms with Crippen molar-refractivity contribution in [1.82, 2.24) is 10.3 Å². The highest BCUT2D eigenvalue weighted by molar-refractivity contribution is 7.99. The van der Waals surface area contributed by atoms with E-state index in [2.05, 4.69) is 17.1 Å². The van der Waals surface area contributed by atoms with Crippen molar-refractivity contribution in [3.05, 3.63) is 17.7 Å². The van der Waals surface area contributed by atoms with Crippen LogP contribution in [-0.2, 0) is 9.53 Å². The lowest BCUT2D eigenvalue weighted by molar-refractivity contribution is -0.168. The van der Waals surface area contributed by atoms with Crippen LogP contribution in [0, 0.1) is 0 Å². The number of amides is 1. The molecule has 2 N–H and O–H groups in total. The third-order valence-electron chi connectivity index (χ3n) is 6.15. The standard InChI is InChI=1S/C24H37N3O4S/c1-4-15-32-22-19(21(28)25-17-9-6-5-7-10-17)12-13-20(26-22)27-14-8-11-18(16-27)31-24(2,3)23(29)30/h12-13,17-18H,4-11,14-16H2,1-3H3,(H,25,28)(H,29,30). The molecule has 1 aliphatic carbocycles. The SMILES string of the molecule is CCCSc1nc(N2CCCC(OC(C)(C)C(=O)O)C2)ccc1C(=O)NC1CCCCC1. The molecule has 1 aliphatic heterocycles. The number of carbonyl (C=O) groups excluding carboxylic acids is 1. The van der Waals surface area contributed by atoms with E-state index in [0.29, 0.717) is 12.1 Å². The first-order valence-corrected chi connectivity index (χ1v) is 12.9. The third kappa shape index (κ3) is 6.61. The van der Waals surface area contributed by atoms with E-state index in [9.17, 15) is 14.7 Å². The Morgan fingerprint density at radius 3 is 2.66 bits per heavy atom. The van der Waals surface area contributed by atoms with Gasteiger partial charge in [-0.25, -0.2) is 9.78 Å². The molecule has 1 unspecified atom stereocenters. The molecule has 1 aromatic rings. The number of anilines is 1. The van der Waals surface area contributed by atoms with Gasteiger partial charge < -0.3 is 20.1 Å². The molecule has 0 radical (unpaired) electrons. The molecule has 1 aromatic heterocycles. The molecule has 1 atom stereocenters. The fourth-order valence-electron chi connectivity index (χ4n) is 4.31. The molecule has 0 bridgehead atoms. The first kappa shape index (κ1) is 24.8. The smallest absolute Gasteiger partial charge is 0.335 e. The molecular weight excluding hydrogens is 426 g/mol. The van der Waals surface area contributed by atoms with E-state index in [1.165, 1.54) is 19.3 Å². The van der Waals surface area contributed by atoms with Gasteiger partial charge >= 0.3 is 5.97 Å². The topological polar surface area (TPSA) is 91.8 Å². The van der Waals surface area contributed by atoms with Crippen molar-refractivity contribution in [2.75, 3.05) is 23.7 Å². The zero-order valence-corrected chi connectivity index (χ0v) is 20.4. The first-order valence-electron chi connectivity index (χ1n) is 11.9. The molecule has 8 heteroatoms. The molecule has 1 saturated heterocycles. The van der Waals surface area contributed by atoms with Gasteiger partial charge in [-0.3, -0.25) is 4.79 Å². The fourth-order valence-corrected chi connectivity index (χ4v) is 5.18. The number of carbonyl (C=O) groups is 2. The number of carboxylic acid groups (broad SMARTS) is 1. The minimum atomic E-state index is -1.22. The fraction of sp³-hybridized carbons (Fsp3) is 0.708. The number of carboxylic acids is 1. The van der Waals surface area contributed by atoms with Gasteiger partial charge in [0.05, 0.1) is 11.7 Å². The number of nitrogens with zero attached hydrogens (tertiary/aromatic N) is 2. The Kier molecular flexibility index (Phi) is 8.82. The normalized spacial score (nSPS) is 20.2. The molecule has 1 amide bonds. The van der Waals surface area contributed by atoms with Gasteiger partial charge in [-0.2, -0.15) is 0 Å². The Morgan fingerprint density at radius 1 is 1.22 bits per heavy atom. The zero-order valence-electron chi connectivity index (χ0n) is 19.6. The minimum Gasteiger partial charge on any atom is -0.479 e. The van der Waals surface area contributed by atoms with Crippen molar-refractivity contribution < 1.29 is 19.4 Å². The lowest BCUT2D eigenvalue weighted by Gasteiger charge is -2.36. The average molecular weight is 464 g/mol. The Hall–Kier alpha value is -1.80. The molecule has 0 spiro atoms. The van der Waals surface area contributed by atoms with Crippen LogP contribution in [0.2, 0.25) is 0 Å². The largest absolute Gasteiger partial charge is 0.479 e. The molecule has 2 aliphatic rings. The zero-order chi connectivity index (χ0) is 23.1. The summed E-state index contributed by atoms with van der Waals surface area (Å²) in [5, 5.41) is 13.4. The van der Waals surface area contributed by atoms with E-state index in [4.69, 9.17) is 9.72 Å². The lowest BCUT2D eigenvalue weighted by atomic mass is 9.95. The second kappa shape index (κ2) is 11.4. The van der Waals surface area contributed by atoms with Crippen molar-refractivity contribution in [2.45, 2.75) is 94.9 Å². The Labute approximate surface area is 195 Å². The van der Waals surface area contributed by atoms with Crippen molar-refractivity contribution in [1.29, 1.82) is 0 Å². The average Bonchev–Trinajstić information content (AvgIpc) is 2.78. The second-order valence-corrected chi connectivity index (χ2v) is 10.4. The van der Waals surface area contributed by atoms with Crippen LogP contribution in [0.1, 0.15) is 82.5 Å². The number of nitrogens with one attached hydrogen (secondary N) is 1. The van der Waals surface area contributed by atoms with Crippen LogP contribution >= 0.6 is 11.8 Å². The summed E-state index contributed by atoms with van der Waals surface area (Å²) in [4.78, 5) is 31.5. The second-order valence-electron chi connectivity index (χ2n) is 9.32. The van der Waals surface area contributed by atoms with E-state index in [1.807, 2.05) is 12.1 Å². The summed E-state index contributed by atoms with van der Waals surface area (Å²) < 4.78 is 5.90. The maximum absolute atomic E-state index is 13.0. The van der Waals surface area contributed by atoms with E-state index in [1.54, 1.807) is 25.6 Å². The molecule has 0 aromatic carbocycles. The van der Waals surface area contributed by atoms with Crippen LogP contribution in [0.5, 0.6) is 0 Å². The highest BCUT2D eigenvalue weighted by Crippen LogP contribution is 2.28. The summed E-state index contributed by atoms with van der Waals surface area (Å²) in [7, 11) is 0. The highest BCUT2D eigenvalue weighted by Gasteiger charge is 2.34. The van der Waals surface area contributed by atoms with Gasteiger partial charge in [0.1, 0.15) is 10.8 Å². The van der Waals surface area contributed by atoms with Gasteiger partial charge in [0, 0.05) is 19.1 Å². The molecule has 1 saturated carbocycles. The number of rotatable bonds is 9. The lowest BCUT2D eigenvalue weighted by Crippen LogP contribution is -2.46. The predicted molar refractivity (Wildman–Crippen MR) is 128 cm³/mol. The number of hydrogen-bond donors (Lipinski definition) is 2. The maximum atomic E-state index is 13.0. The summed E-state index contributed by atoms with van der Waals surface area (Å²) in [5.74, 6) is 0.731. The molecule has 2 heterocycles. The quantitative estimate of drug-likeness (QED) is 0.521. The maximum Gasteiger partial charge on any atom is 0.335 e. The number of thioether (sulfide) groups is 1. The highest BCUT2D eigenvalue weighted by atomic mass is 32.2. The van der Waals surface area contributed by atoms with E-state index < -0.39 is 11.6 Å². The Bertz CT molecular complexity index is 795. The summed E-state index contributed by atoms with van der Waals surface area (Å²) >= 11 is 1.62. The van der Waals surface area contributed by atoms with Gasteiger partial charge in [-0.15, -0.1) is 11.8 Å². The molecular formula is C24H37N3O4S. The summed E-state index contributed by atoms with van der Waals surface area (Å²) in [6.45, 7) is 6.73. The van der Waals surface area contributed by atoms with Crippen LogP contribution in [0.3, 0.4) is 0 Å². The molecule has 3 rings (SSSR count). The van der Waals surface area contributed by atoms with Gasteiger partial charge in [0.25, 0.3) is 5.91 Å². The summed E-state index contributed by atoms with van der Waals surface area (Å²) in [6, 6.07) is 4.07. The van der Waals surface area contributed by atoms with Gasteiger partial charge in [-0.05, 0) is 63.8 Å². The van der Waals surface area contributed by atoms with Crippen LogP contribution in [0.25, 0.3) is 0 Å². The van der Waals surface area contributed by atoms with Gasteiger partial charge in [-0.1, -0.05) is 26.2 Å². The van der Waals surface area contributed by atoms with Crippen molar-refractivity contribution >= 4 is 29.5 Å². The molecule has 178 valence electrons. The minimum absolute atomic E-state index is 0.0300. The van der Waals surface area contributed by atoms with Crippen LogP contribution in [0.15, 0.2) is 17.2 Å². The summed E-state index contributed by atoms with van der Waals surface area (Å²) in [6.07, 6.45) is 8.28. The Morgan fingerprint density at radius 2 is 1.97 bits per heavy atom. The summed E-state index contributed by atoms with van der Waals surface area (Å²) in [5.41, 5.74) is -0.570. The number of piperidine rings is 1. The van der Waals surface area contributed by atoms with E-state index in [-0.39, 0.29) is 18.1 Å². The molecule has 2 fully saturated rings. The van der Waals surface area contributed by atoms with Crippen LogP contribution in [0.4, 0.5) is 5.82 Å².